The lowest BCUT2D eigenvalue weighted by Crippen LogP contribution is -2.06. The first-order valence-electron chi connectivity index (χ1n) is 6.55. The lowest BCUT2D eigenvalue weighted by molar-refractivity contribution is 0.0506. The number of hydrogen-bond acceptors (Lipinski definition) is 5. The molecule has 5 heteroatoms. The summed E-state index contributed by atoms with van der Waals surface area (Å²) in [4.78, 5) is 12.5. The summed E-state index contributed by atoms with van der Waals surface area (Å²) in [5.74, 6) is 0.210. The second-order valence-corrected chi connectivity index (χ2v) is 5.02. The number of carbonyl (C=O) groups excluding carboxylic acids is 1. The topological polar surface area (TPSA) is 44.8 Å². The van der Waals surface area contributed by atoms with Gasteiger partial charge >= 0.3 is 0 Å². The summed E-state index contributed by atoms with van der Waals surface area (Å²) >= 11 is 1.50. The molecule has 4 nitrogen and oxygen atoms in total. The fraction of sp³-hybridized carbons (Fsp3) is 0.643. The van der Waals surface area contributed by atoms with Gasteiger partial charge in [0.2, 0.25) is 0 Å². The number of thiophene rings is 1. The highest BCUT2D eigenvalue weighted by Gasteiger charge is 2.05. The highest BCUT2D eigenvalue weighted by molar-refractivity contribution is 7.12. The van der Waals surface area contributed by atoms with E-state index in [4.69, 9.17) is 14.2 Å². The Balaban J connectivity index is 1.85. The zero-order valence-corrected chi connectivity index (χ0v) is 12.2. The van der Waals surface area contributed by atoms with E-state index in [1.54, 1.807) is 7.11 Å². The molecule has 0 radical (unpaired) electrons. The van der Waals surface area contributed by atoms with E-state index in [9.17, 15) is 4.79 Å². The summed E-state index contributed by atoms with van der Waals surface area (Å²) in [6.07, 6.45) is 2.22. The second-order valence-electron chi connectivity index (χ2n) is 4.08. The van der Waals surface area contributed by atoms with Crippen LogP contribution in [0.1, 0.15) is 28.9 Å². The zero-order chi connectivity index (χ0) is 13.8. The van der Waals surface area contributed by atoms with Crippen molar-refractivity contribution in [1.29, 1.82) is 0 Å². The van der Waals surface area contributed by atoms with Gasteiger partial charge in [-0.1, -0.05) is 6.07 Å². The quantitative estimate of drug-likeness (QED) is 0.438. The monoisotopic (exact) mass is 286 g/mol. The third kappa shape index (κ3) is 8.10. The molecule has 0 saturated carbocycles. The first-order valence-corrected chi connectivity index (χ1v) is 7.43. The summed E-state index contributed by atoms with van der Waals surface area (Å²) < 4.78 is 15.6. The molecule has 0 saturated heterocycles. The molecule has 1 aromatic heterocycles. The highest BCUT2D eigenvalue weighted by atomic mass is 32.1. The third-order valence-electron chi connectivity index (χ3n) is 2.50. The van der Waals surface area contributed by atoms with Crippen molar-refractivity contribution >= 4 is 17.1 Å². The van der Waals surface area contributed by atoms with Crippen LogP contribution in [0.3, 0.4) is 0 Å². The number of carbonyl (C=O) groups is 1. The Morgan fingerprint density at radius 1 is 1.11 bits per heavy atom. The molecule has 0 bridgehead atoms. The average Bonchev–Trinajstić information content (AvgIpc) is 2.95. The summed E-state index contributed by atoms with van der Waals surface area (Å²) in [6, 6.07) is 3.77. The SMILES string of the molecule is COCCOCCCOCCCC(=O)c1cccs1. The van der Waals surface area contributed by atoms with Crippen LogP contribution in [0.2, 0.25) is 0 Å². The molecule has 19 heavy (non-hydrogen) atoms. The van der Waals surface area contributed by atoms with Gasteiger partial charge in [0.15, 0.2) is 5.78 Å². The first-order chi connectivity index (χ1) is 9.34. The Labute approximate surface area is 118 Å². The van der Waals surface area contributed by atoms with Gasteiger partial charge in [-0.15, -0.1) is 11.3 Å². The molecular weight excluding hydrogens is 264 g/mol. The maximum Gasteiger partial charge on any atom is 0.172 e. The van der Waals surface area contributed by atoms with Gasteiger partial charge in [0.05, 0.1) is 18.1 Å². The molecular formula is C14H22O4S. The molecule has 0 unspecified atom stereocenters. The van der Waals surface area contributed by atoms with Crippen LogP contribution >= 0.6 is 11.3 Å². The molecule has 1 rings (SSSR count). The van der Waals surface area contributed by atoms with Gasteiger partial charge in [-0.25, -0.2) is 0 Å². The largest absolute Gasteiger partial charge is 0.382 e. The Morgan fingerprint density at radius 2 is 1.84 bits per heavy atom. The van der Waals surface area contributed by atoms with Gasteiger partial charge in [-0.05, 0) is 24.3 Å². The fourth-order valence-electron chi connectivity index (χ4n) is 1.50. The van der Waals surface area contributed by atoms with E-state index in [2.05, 4.69) is 0 Å². The standard InChI is InChI=1S/C14H22O4S/c1-16-10-11-18-9-4-8-17-7-2-5-13(15)14-6-3-12-19-14/h3,6,12H,2,4-5,7-11H2,1H3. The molecule has 0 amide bonds. The van der Waals surface area contributed by atoms with Crippen molar-refractivity contribution in [1.82, 2.24) is 0 Å². The lowest BCUT2D eigenvalue weighted by Gasteiger charge is -2.05. The molecule has 0 spiro atoms. The van der Waals surface area contributed by atoms with Gasteiger partial charge in [0, 0.05) is 33.4 Å². The smallest absolute Gasteiger partial charge is 0.172 e. The second kappa shape index (κ2) is 11.1. The van der Waals surface area contributed by atoms with Crippen molar-refractivity contribution in [2.24, 2.45) is 0 Å². The van der Waals surface area contributed by atoms with Gasteiger partial charge in [-0.3, -0.25) is 4.79 Å². The van der Waals surface area contributed by atoms with Crippen LogP contribution in [0, 0.1) is 0 Å². The van der Waals surface area contributed by atoms with E-state index in [1.165, 1.54) is 11.3 Å². The van der Waals surface area contributed by atoms with E-state index in [0.717, 1.165) is 17.7 Å². The van der Waals surface area contributed by atoms with E-state index < -0.39 is 0 Å². The minimum absolute atomic E-state index is 0.210. The van der Waals surface area contributed by atoms with E-state index in [-0.39, 0.29) is 5.78 Å². The number of hydrogen-bond donors (Lipinski definition) is 0. The first kappa shape index (κ1) is 16.3. The predicted molar refractivity (Wildman–Crippen MR) is 76.0 cm³/mol. The van der Waals surface area contributed by atoms with Crippen molar-refractivity contribution in [2.75, 3.05) is 40.1 Å². The zero-order valence-electron chi connectivity index (χ0n) is 11.4. The fourth-order valence-corrected chi connectivity index (χ4v) is 2.20. The number of rotatable bonds is 12. The minimum atomic E-state index is 0.210. The molecule has 0 N–H and O–H groups in total. The molecule has 0 aromatic carbocycles. The maximum absolute atomic E-state index is 11.7. The molecule has 0 aliphatic rings. The van der Waals surface area contributed by atoms with Crippen LogP contribution in [-0.4, -0.2) is 45.9 Å². The van der Waals surface area contributed by atoms with Gasteiger partial charge in [0.25, 0.3) is 0 Å². The van der Waals surface area contributed by atoms with Crippen LogP contribution in [0.4, 0.5) is 0 Å². The van der Waals surface area contributed by atoms with Gasteiger partial charge in [0.1, 0.15) is 0 Å². The molecule has 0 atom stereocenters. The van der Waals surface area contributed by atoms with Crippen molar-refractivity contribution in [3.8, 4) is 0 Å². The number of ketones is 1. The normalized spacial score (nSPS) is 10.8. The van der Waals surface area contributed by atoms with Crippen molar-refractivity contribution < 1.29 is 19.0 Å². The van der Waals surface area contributed by atoms with Crippen molar-refractivity contribution in [3.63, 3.8) is 0 Å². The van der Waals surface area contributed by atoms with Crippen LogP contribution < -0.4 is 0 Å². The number of methoxy groups -OCH3 is 1. The van der Waals surface area contributed by atoms with Gasteiger partial charge < -0.3 is 14.2 Å². The van der Waals surface area contributed by atoms with Crippen LogP contribution in [0.15, 0.2) is 17.5 Å². The number of ether oxygens (including phenoxy) is 3. The Kier molecular flexibility index (Phi) is 9.53. The number of Topliss-reactive ketones (excluding diaryl/α,β-unsaturated/α-hetero) is 1. The Hall–Kier alpha value is -0.750. The molecule has 108 valence electrons. The molecule has 1 heterocycles. The Morgan fingerprint density at radius 3 is 2.53 bits per heavy atom. The highest BCUT2D eigenvalue weighted by Crippen LogP contribution is 2.12. The van der Waals surface area contributed by atoms with Crippen LogP contribution in [0.25, 0.3) is 0 Å². The summed E-state index contributed by atoms with van der Waals surface area (Å²) in [5.41, 5.74) is 0. The predicted octanol–water partition coefficient (Wildman–Crippen LogP) is 2.78. The van der Waals surface area contributed by atoms with Crippen LogP contribution in [0.5, 0.6) is 0 Å². The minimum Gasteiger partial charge on any atom is -0.382 e. The lowest BCUT2D eigenvalue weighted by atomic mass is 10.2. The maximum atomic E-state index is 11.7. The summed E-state index contributed by atoms with van der Waals surface area (Å²) in [6.45, 7) is 3.27. The molecule has 1 aromatic rings. The summed E-state index contributed by atoms with van der Waals surface area (Å²) in [7, 11) is 1.66. The molecule has 0 aliphatic heterocycles. The average molecular weight is 286 g/mol. The van der Waals surface area contributed by atoms with E-state index >= 15 is 0 Å². The van der Waals surface area contributed by atoms with Crippen molar-refractivity contribution in [3.05, 3.63) is 22.4 Å². The molecule has 0 fully saturated rings. The van der Waals surface area contributed by atoms with Gasteiger partial charge in [-0.2, -0.15) is 0 Å². The summed E-state index contributed by atoms with van der Waals surface area (Å²) in [5, 5.41) is 1.92. The van der Waals surface area contributed by atoms with E-state index in [0.29, 0.717) is 39.5 Å². The third-order valence-corrected chi connectivity index (χ3v) is 3.41. The molecule has 0 aliphatic carbocycles. The van der Waals surface area contributed by atoms with Crippen molar-refractivity contribution in [2.45, 2.75) is 19.3 Å². The van der Waals surface area contributed by atoms with Crippen LogP contribution in [-0.2, 0) is 14.2 Å². The Bertz CT molecular complexity index is 324. The van der Waals surface area contributed by atoms with E-state index in [1.807, 2.05) is 17.5 Å².